The van der Waals surface area contributed by atoms with E-state index in [4.69, 9.17) is 0 Å². The number of phenolic OH excluding ortho intramolecular Hbond substituents is 1. The van der Waals surface area contributed by atoms with Crippen molar-refractivity contribution in [3.05, 3.63) is 36.4 Å². The highest BCUT2D eigenvalue weighted by Gasteiger charge is 2.15. The van der Waals surface area contributed by atoms with Crippen molar-refractivity contribution in [1.29, 1.82) is 0 Å². The van der Waals surface area contributed by atoms with Crippen molar-refractivity contribution in [3.63, 3.8) is 0 Å². The maximum Gasteiger partial charge on any atom is 0.296 e. The molecular formula is C11H10O4S. The average molecular weight is 238 g/mol. The van der Waals surface area contributed by atoms with Crippen LogP contribution in [0, 0.1) is 0 Å². The standard InChI is InChI=1S/C11H10O4S/c1-15-16(13,14)9-6-8-4-2-3-5-10(8)11(12)7-9/h2-7,12H,1H3. The fraction of sp³-hybridized carbons (Fsp3) is 0.0909. The van der Waals surface area contributed by atoms with Gasteiger partial charge in [-0.05, 0) is 11.5 Å². The zero-order valence-electron chi connectivity index (χ0n) is 8.54. The molecule has 0 aliphatic carbocycles. The lowest BCUT2D eigenvalue weighted by Crippen LogP contribution is -2.02. The summed E-state index contributed by atoms with van der Waals surface area (Å²) in [6.45, 7) is 0. The summed E-state index contributed by atoms with van der Waals surface area (Å²) in [5.74, 6) is -0.0753. The molecule has 84 valence electrons. The number of rotatable bonds is 2. The van der Waals surface area contributed by atoms with Gasteiger partial charge >= 0.3 is 0 Å². The van der Waals surface area contributed by atoms with E-state index in [0.717, 1.165) is 7.11 Å². The van der Waals surface area contributed by atoms with E-state index >= 15 is 0 Å². The third kappa shape index (κ3) is 1.75. The Morgan fingerprint density at radius 1 is 1.19 bits per heavy atom. The van der Waals surface area contributed by atoms with Crippen LogP contribution in [0.2, 0.25) is 0 Å². The van der Waals surface area contributed by atoms with Crippen LogP contribution in [0.5, 0.6) is 5.75 Å². The largest absolute Gasteiger partial charge is 0.507 e. The molecule has 2 aromatic rings. The molecule has 0 saturated heterocycles. The molecule has 0 heterocycles. The molecule has 0 unspecified atom stereocenters. The van der Waals surface area contributed by atoms with Gasteiger partial charge in [-0.15, -0.1) is 0 Å². The third-order valence-electron chi connectivity index (χ3n) is 2.32. The maximum absolute atomic E-state index is 11.5. The van der Waals surface area contributed by atoms with Crippen LogP contribution >= 0.6 is 0 Å². The molecule has 0 radical (unpaired) electrons. The monoisotopic (exact) mass is 238 g/mol. The highest BCUT2D eigenvalue weighted by atomic mass is 32.2. The summed E-state index contributed by atoms with van der Waals surface area (Å²) in [6, 6.07) is 9.63. The van der Waals surface area contributed by atoms with Crippen molar-refractivity contribution in [2.24, 2.45) is 0 Å². The molecule has 0 fully saturated rings. The van der Waals surface area contributed by atoms with Gasteiger partial charge in [-0.3, -0.25) is 4.18 Å². The summed E-state index contributed by atoms with van der Waals surface area (Å²) in [4.78, 5) is -0.0498. The Kier molecular flexibility index (Phi) is 2.57. The van der Waals surface area contributed by atoms with Gasteiger partial charge in [0.25, 0.3) is 10.1 Å². The van der Waals surface area contributed by atoms with E-state index in [1.807, 2.05) is 0 Å². The lowest BCUT2D eigenvalue weighted by molar-refractivity contribution is 0.397. The van der Waals surface area contributed by atoms with E-state index in [2.05, 4.69) is 4.18 Å². The summed E-state index contributed by atoms with van der Waals surface area (Å²) in [5, 5.41) is 11.0. The molecule has 0 aromatic heterocycles. The fourth-order valence-electron chi connectivity index (χ4n) is 1.50. The topological polar surface area (TPSA) is 63.6 Å². The first-order valence-electron chi connectivity index (χ1n) is 4.57. The summed E-state index contributed by atoms with van der Waals surface area (Å²) < 4.78 is 27.3. The first-order valence-corrected chi connectivity index (χ1v) is 5.98. The molecule has 0 saturated carbocycles. The Bertz CT molecular complexity index is 631. The van der Waals surface area contributed by atoms with Crippen molar-refractivity contribution < 1.29 is 17.7 Å². The molecule has 0 atom stereocenters. The second kappa shape index (κ2) is 3.77. The molecule has 16 heavy (non-hydrogen) atoms. The summed E-state index contributed by atoms with van der Waals surface area (Å²) in [6.07, 6.45) is 0. The van der Waals surface area contributed by atoms with E-state index in [1.54, 1.807) is 24.3 Å². The minimum Gasteiger partial charge on any atom is -0.507 e. The number of phenols is 1. The highest BCUT2D eigenvalue weighted by molar-refractivity contribution is 7.86. The van der Waals surface area contributed by atoms with Gasteiger partial charge in [0.05, 0.1) is 12.0 Å². The molecule has 0 spiro atoms. The van der Waals surface area contributed by atoms with Crippen molar-refractivity contribution in [2.45, 2.75) is 4.90 Å². The predicted molar refractivity (Wildman–Crippen MR) is 59.8 cm³/mol. The van der Waals surface area contributed by atoms with Crippen LogP contribution in [0.4, 0.5) is 0 Å². The van der Waals surface area contributed by atoms with Crippen LogP contribution in [0.25, 0.3) is 10.8 Å². The number of hydrogen-bond acceptors (Lipinski definition) is 4. The number of benzene rings is 2. The van der Waals surface area contributed by atoms with Crippen molar-refractivity contribution in [1.82, 2.24) is 0 Å². The Labute approximate surface area is 93.2 Å². The second-order valence-electron chi connectivity index (χ2n) is 3.28. The lowest BCUT2D eigenvalue weighted by Gasteiger charge is -2.05. The van der Waals surface area contributed by atoms with E-state index in [1.165, 1.54) is 12.1 Å². The molecule has 5 heteroatoms. The fourth-order valence-corrected chi connectivity index (χ4v) is 2.22. The zero-order chi connectivity index (χ0) is 11.8. The Morgan fingerprint density at radius 3 is 2.56 bits per heavy atom. The summed E-state index contributed by atoms with van der Waals surface area (Å²) in [7, 11) is -2.69. The molecular weight excluding hydrogens is 228 g/mol. The van der Waals surface area contributed by atoms with Crippen LogP contribution in [0.1, 0.15) is 0 Å². The highest BCUT2D eigenvalue weighted by Crippen LogP contribution is 2.28. The summed E-state index contributed by atoms with van der Waals surface area (Å²) >= 11 is 0. The lowest BCUT2D eigenvalue weighted by atomic mass is 10.1. The molecule has 2 aromatic carbocycles. The zero-order valence-corrected chi connectivity index (χ0v) is 9.36. The minimum absolute atomic E-state index is 0.0498. The van der Waals surface area contributed by atoms with Gasteiger partial charge < -0.3 is 5.11 Å². The van der Waals surface area contributed by atoms with Gasteiger partial charge in [-0.1, -0.05) is 24.3 Å². The molecule has 2 rings (SSSR count). The predicted octanol–water partition coefficient (Wildman–Crippen LogP) is 1.88. The summed E-state index contributed by atoms with van der Waals surface area (Å²) in [5.41, 5.74) is 0. The van der Waals surface area contributed by atoms with Crippen molar-refractivity contribution >= 4 is 20.9 Å². The first kappa shape index (κ1) is 10.9. The van der Waals surface area contributed by atoms with E-state index < -0.39 is 10.1 Å². The van der Waals surface area contributed by atoms with Gasteiger partial charge in [0.2, 0.25) is 0 Å². The van der Waals surface area contributed by atoms with Crippen LogP contribution in [0.3, 0.4) is 0 Å². The molecule has 0 bridgehead atoms. The molecule has 1 N–H and O–H groups in total. The Balaban J connectivity index is 2.77. The minimum atomic E-state index is -3.77. The van der Waals surface area contributed by atoms with Gasteiger partial charge in [-0.25, -0.2) is 0 Å². The molecule has 0 aliphatic heterocycles. The van der Waals surface area contributed by atoms with Gasteiger partial charge in [0.1, 0.15) is 5.75 Å². The van der Waals surface area contributed by atoms with E-state index in [9.17, 15) is 13.5 Å². The first-order chi connectivity index (χ1) is 7.54. The molecule has 0 aliphatic rings. The van der Waals surface area contributed by atoms with Crippen LogP contribution < -0.4 is 0 Å². The van der Waals surface area contributed by atoms with Crippen molar-refractivity contribution in [2.75, 3.05) is 7.11 Å². The normalized spacial score (nSPS) is 11.8. The smallest absolute Gasteiger partial charge is 0.296 e. The van der Waals surface area contributed by atoms with Crippen LogP contribution in [0.15, 0.2) is 41.3 Å². The number of hydrogen-bond donors (Lipinski definition) is 1. The van der Waals surface area contributed by atoms with E-state index in [-0.39, 0.29) is 10.6 Å². The number of aromatic hydroxyl groups is 1. The third-order valence-corrected chi connectivity index (χ3v) is 3.57. The SMILES string of the molecule is COS(=O)(=O)c1cc(O)c2ccccc2c1. The van der Waals surface area contributed by atoms with Crippen LogP contribution in [-0.2, 0) is 14.3 Å². The molecule has 4 nitrogen and oxygen atoms in total. The Hall–Kier alpha value is -1.59. The quantitative estimate of drug-likeness (QED) is 0.811. The Morgan fingerprint density at radius 2 is 1.88 bits per heavy atom. The van der Waals surface area contributed by atoms with E-state index in [0.29, 0.717) is 10.8 Å². The average Bonchev–Trinajstić information content (AvgIpc) is 2.29. The maximum atomic E-state index is 11.5. The van der Waals surface area contributed by atoms with Crippen LogP contribution in [-0.4, -0.2) is 20.6 Å². The molecule has 0 amide bonds. The van der Waals surface area contributed by atoms with Gasteiger partial charge in [0, 0.05) is 11.5 Å². The van der Waals surface area contributed by atoms with Gasteiger partial charge in [0.15, 0.2) is 0 Å². The number of fused-ring (bicyclic) bond motifs is 1. The van der Waals surface area contributed by atoms with Gasteiger partial charge in [-0.2, -0.15) is 8.42 Å². The van der Waals surface area contributed by atoms with Crippen molar-refractivity contribution in [3.8, 4) is 5.75 Å². The second-order valence-corrected chi connectivity index (χ2v) is 5.00.